The predicted octanol–water partition coefficient (Wildman–Crippen LogP) is 3.56. The molecule has 0 unspecified atom stereocenters. The summed E-state index contributed by atoms with van der Waals surface area (Å²) in [6.45, 7) is 2.84. The van der Waals surface area contributed by atoms with Crippen molar-refractivity contribution < 1.29 is 4.74 Å². The fourth-order valence-corrected chi connectivity index (χ4v) is 2.33. The Balaban J connectivity index is 0.000000361. The molecule has 2 heterocycles. The summed E-state index contributed by atoms with van der Waals surface area (Å²) >= 11 is 0. The van der Waals surface area contributed by atoms with Crippen LogP contribution in [-0.4, -0.2) is 37.6 Å². The van der Waals surface area contributed by atoms with Crippen LogP contribution in [-0.2, 0) is 6.42 Å². The van der Waals surface area contributed by atoms with Crippen LogP contribution in [0.3, 0.4) is 0 Å². The Morgan fingerprint density at radius 3 is 2.62 bits per heavy atom. The van der Waals surface area contributed by atoms with E-state index in [1.165, 1.54) is 16.7 Å². The normalized spacial score (nSPS) is 13.0. The molecule has 0 saturated carbocycles. The van der Waals surface area contributed by atoms with Crippen molar-refractivity contribution in [3.63, 3.8) is 0 Å². The average Bonchev–Trinajstić information content (AvgIpc) is 2.46. The molecule has 0 fully saturated rings. The Bertz CT molecular complexity index is 591. The van der Waals surface area contributed by atoms with E-state index in [4.69, 9.17) is 4.74 Å². The molecule has 0 saturated heterocycles. The molecule has 21 heavy (non-hydrogen) atoms. The van der Waals surface area contributed by atoms with Crippen molar-refractivity contribution in [2.45, 2.75) is 19.8 Å². The van der Waals surface area contributed by atoms with Gasteiger partial charge in [0.15, 0.2) is 0 Å². The zero-order valence-corrected chi connectivity index (χ0v) is 13.4. The fourth-order valence-electron chi connectivity index (χ4n) is 2.33. The van der Waals surface area contributed by atoms with Crippen LogP contribution in [0.5, 0.6) is 5.75 Å². The summed E-state index contributed by atoms with van der Waals surface area (Å²) in [5.74, 6) is 1.06. The highest BCUT2D eigenvalue weighted by molar-refractivity contribution is 5.72. The van der Waals surface area contributed by atoms with E-state index >= 15 is 0 Å². The number of hydrogen-bond acceptors (Lipinski definition) is 3. The number of aromatic nitrogens is 1. The van der Waals surface area contributed by atoms with Crippen molar-refractivity contribution in [2.75, 3.05) is 27.7 Å². The molecule has 2 aromatic rings. The number of aryl methyl sites for hydroxylation is 2. The lowest BCUT2D eigenvalue weighted by Gasteiger charge is -2.20. The molecule has 1 aliphatic rings. The lowest BCUT2D eigenvalue weighted by molar-refractivity contribution is 0.289. The van der Waals surface area contributed by atoms with Gasteiger partial charge in [-0.2, -0.15) is 0 Å². The largest absolute Gasteiger partial charge is 0.493 e. The third kappa shape index (κ3) is 4.30. The van der Waals surface area contributed by atoms with Crippen LogP contribution in [0.25, 0.3) is 11.1 Å². The molecule has 3 heteroatoms. The van der Waals surface area contributed by atoms with Crippen LogP contribution in [0.1, 0.15) is 17.7 Å². The van der Waals surface area contributed by atoms with E-state index in [9.17, 15) is 0 Å². The van der Waals surface area contributed by atoms with Crippen LogP contribution < -0.4 is 4.74 Å². The van der Waals surface area contributed by atoms with Gasteiger partial charge in [0.25, 0.3) is 0 Å². The first-order valence-electron chi connectivity index (χ1n) is 7.36. The van der Waals surface area contributed by atoms with Crippen molar-refractivity contribution >= 4 is 0 Å². The van der Waals surface area contributed by atoms with E-state index in [1.54, 1.807) is 0 Å². The maximum atomic E-state index is 5.83. The zero-order valence-electron chi connectivity index (χ0n) is 13.4. The van der Waals surface area contributed by atoms with E-state index < -0.39 is 0 Å². The molecule has 112 valence electrons. The lowest BCUT2D eigenvalue weighted by Crippen LogP contribution is -2.09. The number of hydrogen-bond donors (Lipinski definition) is 0. The Morgan fingerprint density at radius 1 is 1.14 bits per heavy atom. The SMILES string of the molecule is CN(C)C.Cc1cc(-c2cccc3c2OCCC3)ccn1. The third-order valence-electron chi connectivity index (χ3n) is 3.14. The molecule has 0 atom stereocenters. The molecule has 3 nitrogen and oxygen atoms in total. The van der Waals surface area contributed by atoms with Crippen LogP contribution >= 0.6 is 0 Å². The highest BCUT2D eigenvalue weighted by atomic mass is 16.5. The molecule has 0 spiro atoms. The number of para-hydroxylation sites is 1. The summed E-state index contributed by atoms with van der Waals surface area (Å²) in [6, 6.07) is 10.5. The summed E-state index contributed by atoms with van der Waals surface area (Å²) in [5, 5.41) is 0. The van der Waals surface area contributed by atoms with Crippen molar-refractivity contribution in [2.24, 2.45) is 0 Å². The molecule has 0 bridgehead atoms. The van der Waals surface area contributed by atoms with Gasteiger partial charge >= 0.3 is 0 Å². The Kier molecular flexibility index (Phi) is 5.34. The quantitative estimate of drug-likeness (QED) is 0.800. The van der Waals surface area contributed by atoms with Crippen LogP contribution in [0.15, 0.2) is 36.5 Å². The van der Waals surface area contributed by atoms with Gasteiger partial charge in [0.1, 0.15) is 5.75 Å². The average molecular weight is 284 g/mol. The highest BCUT2D eigenvalue weighted by Crippen LogP contribution is 2.35. The minimum Gasteiger partial charge on any atom is -0.493 e. The summed E-state index contributed by atoms with van der Waals surface area (Å²) in [6.07, 6.45) is 4.09. The molecular formula is C18H24N2O. The molecular weight excluding hydrogens is 260 g/mol. The monoisotopic (exact) mass is 284 g/mol. The summed E-state index contributed by atoms with van der Waals surface area (Å²) in [7, 11) is 6.00. The van der Waals surface area contributed by atoms with Gasteiger partial charge in [0.05, 0.1) is 6.61 Å². The maximum absolute atomic E-state index is 5.83. The molecule has 1 aliphatic heterocycles. The van der Waals surface area contributed by atoms with Gasteiger partial charge in [-0.3, -0.25) is 4.98 Å². The second kappa shape index (κ2) is 7.23. The minimum absolute atomic E-state index is 0.827. The summed E-state index contributed by atoms with van der Waals surface area (Å²) < 4.78 is 5.83. The van der Waals surface area contributed by atoms with Gasteiger partial charge < -0.3 is 9.64 Å². The first-order valence-corrected chi connectivity index (χ1v) is 7.36. The highest BCUT2D eigenvalue weighted by Gasteiger charge is 2.15. The number of ether oxygens (including phenoxy) is 1. The second-order valence-corrected chi connectivity index (χ2v) is 5.77. The van der Waals surface area contributed by atoms with Crippen molar-refractivity contribution in [3.8, 4) is 16.9 Å². The second-order valence-electron chi connectivity index (χ2n) is 5.77. The maximum Gasteiger partial charge on any atom is 0.130 e. The molecule has 0 aliphatic carbocycles. The van der Waals surface area contributed by atoms with Crippen LogP contribution in [0.2, 0.25) is 0 Å². The van der Waals surface area contributed by atoms with E-state index in [2.05, 4.69) is 29.2 Å². The first kappa shape index (κ1) is 15.5. The van der Waals surface area contributed by atoms with Gasteiger partial charge in [-0.25, -0.2) is 0 Å². The van der Waals surface area contributed by atoms with Gasteiger partial charge in [-0.1, -0.05) is 18.2 Å². The molecule has 0 N–H and O–H groups in total. The number of pyridine rings is 1. The topological polar surface area (TPSA) is 25.4 Å². The predicted molar refractivity (Wildman–Crippen MR) is 87.8 cm³/mol. The van der Waals surface area contributed by atoms with Crippen molar-refractivity contribution in [3.05, 3.63) is 47.8 Å². The van der Waals surface area contributed by atoms with Crippen LogP contribution in [0.4, 0.5) is 0 Å². The van der Waals surface area contributed by atoms with E-state index in [0.717, 1.165) is 30.9 Å². The third-order valence-corrected chi connectivity index (χ3v) is 3.14. The zero-order chi connectivity index (χ0) is 15.2. The summed E-state index contributed by atoms with van der Waals surface area (Å²) in [4.78, 5) is 6.24. The Labute approximate surface area is 127 Å². The van der Waals surface area contributed by atoms with Gasteiger partial charge in [0.2, 0.25) is 0 Å². The smallest absolute Gasteiger partial charge is 0.130 e. The molecule has 0 radical (unpaired) electrons. The molecule has 1 aromatic carbocycles. The number of nitrogens with zero attached hydrogens (tertiary/aromatic N) is 2. The van der Waals surface area contributed by atoms with Crippen LogP contribution in [0, 0.1) is 6.92 Å². The Hall–Kier alpha value is -1.87. The number of benzene rings is 1. The minimum atomic E-state index is 0.827. The first-order chi connectivity index (χ1) is 10.1. The van der Waals surface area contributed by atoms with E-state index in [-0.39, 0.29) is 0 Å². The standard InChI is InChI=1S/C15H15NO.C3H9N/c1-11-10-13(7-8-16-11)14-6-2-4-12-5-3-9-17-15(12)14;1-4(2)3/h2,4,6-8,10H,3,5,9H2,1H3;1-3H3. The van der Waals surface area contributed by atoms with Gasteiger partial charge in [0, 0.05) is 17.5 Å². The fraction of sp³-hybridized carbons (Fsp3) is 0.389. The van der Waals surface area contributed by atoms with E-state index in [0.29, 0.717) is 0 Å². The molecule has 1 aromatic heterocycles. The van der Waals surface area contributed by atoms with E-state index in [1.807, 2.05) is 45.2 Å². The van der Waals surface area contributed by atoms with Gasteiger partial charge in [-0.15, -0.1) is 0 Å². The Morgan fingerprint density at radius 2 is 1.90 bits per heavy atom. The lowest BCUT2D eigenvalue weighted by atomic mass is 9.98. The van der Waals surface area contributed by atoms with Crippen molar-refractivity contribution in [1.29, 1.82) is 0 Å². The summed E-state index contributed by atoms with van der Waals surface area (Å²) in [5.41, 5.74) is 4.74. The molecule has 0 amide bonds. The number of rotatable bonds is 1. The molecule has 3 rings (SSSR count). The van der Waals surface area contributed by atoms with Gasteiger partial charge in [-0.05, 0) is 64.2 Å². The van der Waals surface area contributed by atoms with Crippen molar-refractivity contribution in [1.82, 2.24) is 9.88 Å². The number of fused-ring (bicyclic) bond motifs is 1.